The van der Waals surface area contributed by atoms with Gasteiger partial charge in [-0.05, 0) is 63.6 Å². The number of nitrogens with zero attached hydrogens (tertiary/aromatic N) is 3. The van der Waals surface area contributed by atoms with E-state index in [2.05, 4.69) is 30.8 Å². The van der Waals surface area contributed by atoms with Crippen LogP contribution in [0.5, 0.6) is 0 Å². The fraction of sp³-hybridized carbons (Fsp3) is 0.273. The van der Waals surface area contributed by atoms with Crippen LogP contribution in [0.4, 0.5) is 10.2 Å². The Labute approximate surface area is 174 Å². The van der Waals surface area contributed by atoms with E-state index in [1.807, 2.05) is 27.7 Å². The van der Waals surface area contributed by atoms with E-state index < -0.39 is 0 Å². The summed E-state index contributed by atoms with van der Waals surface area (Å²) in [6.45, 7) is 7.87. The zero-order valence-electron chi connectivity index (χ0n) is 17.5. The lowest BCUT2D eigenvalue weighted by Crippen LogP contribution is -2.44. The highest BCUT2D eigenvalue weighted by Gasteiger charge is 2.16. The van der Waals surface area contributed by atoms with Gasteiger partial charge in [-0.3, -0.25) is 14.9 Å². The van der Waals surface area contributed by atoms with Crippen LogP contribution in [0.1, 0.15) is 43.7 Å². The number of benzene rings is 1. The van der Waals surface area contributed by atoms with Crippen LogP contribution in [0, 0.1) is 5.82 Å². The molecule has 3 N–H and O–H groups in total. The maximum atomic E-state index is 13.1. The number of hydrogen-bond acceptors (Lipinski definition) is 3. The number of rotatable bonds is 4. The van der Waals surface area contributed by atoms with E-state index in [9.17, 15) is 9.18 Å². The van der Waals surface area contributed by atoms with Gasteiger partial charge in [-0.1, -0.05) is 6.92 Å². The number of anilines is 1. The average molecular weight is 408 g/mol. The molecule has 30 heavy (non-hydrogen) atoms. The van der Waals surface area contributed by atoms with E-state index in [4.69, 9.17) is 0 Å². The summed E-state index contributed by atoms with van der Waals surface area (Å²) < 4.78 is 13.1. The molecule has 156 valence electrons. The van der Waals surface area contributed by atoms with Gasteiger partial charge >= 0.3 is 0 Å². The number of aliphatic imine (C=N–C) groups is 1. The minimum Gasteiger partial charge on any atom is -0.351 e. The molecule has 2 aromatic heterocycles. The molecule has 0 aliphatic carbocycles. The third-order valence-corrected chi connectivity index (χ3v) is 4.10. The molecule has 1 aromatic carbocycles. The van der Waals surface area contributed by atoms with Gasteiger partial charge in [-0.15, -0.1) is 0 Å². The first kappa shape index (κ1) is 21.2. The van der Waals surface area contributed by atoms with E-state index in [0.29, 0.717) is 17.1 Å². The number of H-pyrrole nitrogens is 1. The van der Waals surface area contributed by atoms with E-state index in [1.54, 1.807) is 36.5 Å². The number of halogens is 1. The number of aryl methyl sites for hydroxylation is 1. The molecule has 0 fully saturated rings. The quantitative estimate of drug-likeness (QED) is 0.445. The Morgan fingerprint density at radius 1 is 1.17 bits per heavy atom. The van der Waals surface area contributed by atoms with Crippen molar-refractivity contribution in [2.75, 3.05) is 5.32 Å². The lowest BCUT2D eigenvalue weighted by Gasteiger charge is -2.23. The first-order valence-electron chi connectivity index (χ1n) is 9.68. The number of aromatic amines is 1. The molecule has 0 unspecified atom stereocenters. The smallest absolute Gasteiger partial charge is 0.280 e. The molecule has 0 spiro atoms. The van der Waals surface area contributed by atoms with Crippen molar-refractivity contribution in [3.05, 3.63) is 65.7 Å². The van der Waals surface area contributed by atoms with Crippen LogP contribution in [-0.4, -0.2) is 32.6 Å². The summed E-state index contributed by atoms with van der Waals surface area (Å²) >= 11 is 0. The van der Waals surface area contributed by atoms with E-state index in [0.717, 1.165) is 17.7 Å². The number of carbonyl (C=O) groups is 1. The SMILES string of the molecule is CCc1cc(C(=O)/N=C(\Nc2cc(-c3ccc(F)cc3)n[nH]2)NC(C)(C)C)ccn1. The van der Waals surface area contributed by atoms with E-state index in [-0.39, 0.29) is 23.2 Å². The lowest BCUT2D eigenvalue weighted by molar-refractivity contribution is 0.100. The topological polar surface area (TPSA) is 95.1 Å². The molecule has 3 aromatic rings. The van der Waals surface area contributed by atoms with E-state index >= 15 is 0 Å². The number of guanidine groups is 1. The average Bonchev–Trinajstić information content (AvgIpc) is 3.15. The molecule has 3 rings (SSSR count). The van der Waals surface area contributed by atoms with Crippen LogP contribution >= 0.6 is 0 Å². The number of carbonyl (C=O) groups excluding carboxylic acids is 1. The molecule has 0 aliphatic heterocycles. The molecule has 0 saturated carbocycles. The molecule has 0 saturated heterocycles. The molecule has 7 nitrogen and oxygen atoms in total. The molecular weight excluding hydrogens is 383 g/mol. The predicted molar refractivity (Wildman–Crippen MR) is 116 cm³/mol. The normalized spacial score (nSPS) is 12.0. The summed E-state index contributed by atoms with van der Waals surface area (Å²) in [5.41, 5.74) is 2.36. The van der Waals surface area contributed by atoms with Crippen molar-refractivity contribution in [1.29, 1.82) is 0 Å². The molecule has 0 radical (unpaired) electrons. The first-order chi connectivity index (χ1) is 14.2. The highest BCUT2D eigenvalue weighted by molar-refractivity contribution is 6.06. The van der Waals surface area contributed by atoms with Gasteiger partial charge in [0.2, 0.25) is 5.96 Å². The fourth-order valence-electron chi connectivity index (χ4n) is 2.69. The number of aromatic nitrogens is 3. The van der Waals surface area contributed by atoms with Gasteiger partial charge in [0.25, 0.3) is 5.91 Å². The number of amides is 1. The monoisotopic (exact) mass is 408 g/mol. The second-order valence-corrected chi connectivity index (χ2v) is 7.83. The van der Waals surface area contributed by atoms with Gasteiger partial charge < -0.3 is 10.6 Å². The Hall–Kier alpha value is -3.55. The minimum atomic E-state index is -0.385. The minimum absolute atomic E-state index is 0.289. The Balaban J connectivity index is 1.84. The third kappa shape index (κ3) is 5.73. The molecule has 8 heteroatoms. The standard InChI is InChI=1S/C22H25FN6O/c1-5-17-12-15(10-11-24-17)20(30)26-21(27-22(2,3)4)25-19-13-18(28-29-19)14-6-8-16(23)9-7-14/h6-13H,5H2,1-4H3,(H3,25,26,27,28,29,30). The number of nitrogens with one attached hydrogen (secondary N) is 3. The predicted octanol–water partition coefficient (Wildman–Crippen LogP) is 4.17. The maximum Gasteiger partial charge on any atom is 0.280 e. The van der Waals surface area contributed by atoms with Crippen molar-refractivity contribution in [3.63, 3.8) is 0 Å². The van der Waals surface area contributed by atoms with Gasteiger partial charge in [0.05, 0.1) is 5.69 Å². The molecule has 2 heterocycles. The van der Waals surface area contributed by atoms with Crippen molar-refractivity contribution in [3.8, 4) is 11.3 Å². The van der Waals surface area contributed by atoms with Crippen LogP contribution in [0.25, 0.3) is 11.3 Å². The number of hydrogen-bond donors (Lipinski definition) is 3. The van der Waals surface area contributed by atoms with Gasteiger partial charge in [0, 0.05) is 34.6 Å². The van der Waals surface area contributed by atoms with Crippen molar-refractivity contribution >= 4 is 17.7 Å². The van der Waals surface area contributed by atoms with Crippen molar-refractivity contribution in [1.82, 2.24) is 20.5 Å². The summed E-state index contributed by atoms with van der Waals surface area (Å²) in [5, 5.41) is 13.4. The second kappa shape index (κ2) is 8.86. The summed E-state index contributed by atoms with van der Waals surface area (Å²) in [7, 11) is 0. The van der Waals surface area contributed by atoms with Gasteiger partial charge in [0.1, 0.15) is 11.6 Å². The molecule has 1 amide bonds. The summed E-state index contributed by atoms with van der Waals surface area (Å²) in [5.74, 6) is 0.139. The van der Waals surface area contributed by atoms with Gasteiger partial charge in [0.15, 0.2) is 0 Å². The van der Waals surface area contributed by atoms with Gasteiger partial charge in [-0.25, -0.2) is 4.39 Å². The Morgan fingerprint density at radius 3 is 2.57 bits per heavy atom. The molecule has 0 atom stereocenters. The molecule has 0 aliphatic rings. The molecule has 0 bridgehead atoms. The van der Waals surface area contributed by atoms with Gasteiger partial charge in [-0.2, -0.15) is 10.1 Å². The lowest BCUT2D eigenvalue weighted by atomic mass is 10.1. The maximum absolute atomic E-state index is 13.1. The highest BCUT2D eigenvalue weighted by Crippen LogP contribution is 2.20. The van der Waals surface area contributed by atoms with E-state index in [1.165, 1.54) is 12.1 Å². The Morgan fingerprint density at radius 2 is 1.90 bits per heavy atom. The van der Waals surface area contributed by atoms with Crippen LogP contribution in [0.2, 0.25) is 0 Å². The highest BCUT2D eigenvalue weighted by atomic mass is 19.1. The fourth-order valence-corrected chi connectivity index (χ4v) is 2.69. The zero-order valence-corrected chi connectivity index (χ0v) is 17.5. The summed E-state index contributed by atoms with van der Waals surface area (Å²) in [6, 6.07) is 11.2. The largest absolute Gasteiger partial charge is 0.351 e. The summed E-state index contributed by atoms with van der Waals surface area (Å²) in [6.07, 6.45) is 2.34. The van der Waals surface area contributed by atoms with Crippen LogP contribution in [0.3, 0.4) is 0 Å². The second-order valence-electron chi connectivity index (χ2n) is 7.83. The Kier molecular flexibility index (Phi) is 6.25. The first-order valence-corrected chi connectivity index (χ1v) is 9.68. The number of pyridine rings is 1. The third-order valence-electron chi connectivity index (χ3n) is 4.10. The van der Waals surface area contributed by atoms with Crippen LogP contribution in [0.15, 0.2) is 53.7 Å². The van der Waals surface area contributed by atoms with Crippen LogP contribution < -0.4 is 10.6 Å². The zero-order chi connectivity index (χ0) is 21.7. The van der Waals surface area contributed by atoms with Crippen molar-refractivity contribution in [2.24, 2.45) is 4.99 Å². The van der Waals surface area contributed by atoms with Crippen molar-refractivity contribution in [2.45, 2.75) is 39.7 Å². The molecular formula is C22H25FN6O. The van der Waals surface area contributed by atoms with Crippen LogP contribution in [-0.2, 0) is 6.42 Å². The van der Waals surface area contributed by atoms with Crippen molar-refractivity contribution < 1.29 is 9.18 Å². The summed E-state index contributed by atoms with van der Waals surface area (Å²) in [4.78, 5) is 21.1. The Bertz CT molecular complexity index is 1050.